The molecule has 0 radical (unpaired) electrons. The fourth-order valence-corrected chi connectivity index (χ4v) is 5.25. The highest BCUT2D eigenvalue weighted by molar-refractivity contribution is 8.03. The normalized spacial score (nSPS) is 31.2. The molecule has 2 amide bonds. The number of hydrogen-bond acceptors (Lipinski definition) is 6. The zero-order valence-corrected chi connectivity index (χ0v) is 15.1. The van der Waals surface area contributed by atoms with Crippen molar-refractivity contribution in [2.45, 2.75) is 36.6 Å². The number of nitrogens with one attached hydrogen (secondary N) is 1. The molecule has 3 aliphatic rings. The molecule has 138 valence electrons. The Hall–Kier alpha value is -1.58. The van der Waals surface area contributed by atoms with Gasteiger partial charge in [0.2, 0.25) is 11.8 Å². The van der Waals surface area contributed by atoms with Gasteiger partial charge in [0.05, 0.1) is 18.0 Å². The van der Waals surface area contributed by atoms with Crippen LogP contribution in [0.1, 0.15) is 19.3 Å². The van der Waals surface area contributed by atoms with Gasteiger partial charge in [0.25, 0.3) is 0 Å². The number of rotatable bonds is 6. The molecule has 9 heteroatoms. The molecule has 0 aromatic heterocycles. The van der Waals surface area contributed by atoms with Gasteiger partial charge < -0.3 is 25.3 Å². The molecule has 0 bridgehead atoms. The molecule has 0 aromatic carbocycles. The third-order valence-electron chi connectivity index (χ3n) is 5.03. The number of aliphatic carboxylic acids is 1. The number of hydrogen-bond donors (Lipinski definition) is 3. The number of carboxylic acid groups (broad SMARTS) is 1. The van der Waals surface area contributed by atoms with E-state index in [1.165, 1.54) is 16.7 Å². The van der Waals surface area contributed by atoms with E-state index in [2.05, 4.69) is 5.32 Å². The van der Waals surface area contributed by atoms with Gasteiger partial charge in [0.1, 0.15) is 5.70 Å². The average Bonchev–Trinajstić information content (AvgIpc) is 3.15. The van der Waals surface area contributed by atoms with E-state index in [1.54, 1.807) is 19.0 Å². The lowest BCUT2D eigenvalue weighted by Gasteiger charge is -2.43. The summed E-state index contributed by atoms with van der Waals surface area (Å²) in [6.07, 6.45) is 1.53. The molecule has 0 aliphatic carbocycles. The monoisotopic (exact) mass is 369 g/mol. The summed E-state index contributed by atoms with van der Waals surface area (Å²) in [5, 5.41) is 21.9. The van der Waals surface area contributed by atoms with Crippen LogP contribution in [0.4, 0.5) is 0 Å². The first-order chi connectivity index (χ1) is 11.8. The predicted molar refractivity (Wildman–Crippen MR) is 91.6 cm³/mol. The molecule has 0 aromatic rings. The van der Waals surface area contributed by atoms with E-state index in [-0.39, 0.29) is 47.4 Å². The average molecular weight is 369 g/mol. The third-order valence-corrected chi connectivity index (χ3v) is 6.37. The Kier molecular flexibility index (Phi) is 5.08. The smallest absolute Gasteiger partial charge is 0.353 e. The van der Waals surface area contributed by atoms with Crippen molar-refractivity contribution in [2.75, 3.05) is 27.2 Å². The maximum atomic E-state index is 12.2. The number of β-lactam (4-membered cyclic amide) rings is 1. The van der Waals surface area contributed by atoms with Crippen LogP contribution in [0.3, 0.4) is 0 Å². The Morgan fingerprint density at radius 3 is 2.72 bits per heavy atom. The number of amides is 2. The molecule has 3 unspecified atom stereocenters. The van der Waals surface area contributed by atoms with Gasteiger partial charge in [-0.15, -0.1) is 11.8 Å². The van der Waals surface area contributed by atoms with Gasteiger partial charge in [-0.3, -0.25) is 9.59 Å². The van der Waals surface area contributed by atoms with Crippen LogP contribution in [-0.4, -0.2) is 82.4 Å². The molecule has 3 N–H and O–H groups in total. The van der Waals surface area contributed by atoms with E-state index in [4.69, 9.17) is 5.11 Å². The minimum absolute atomic E-state index is 0.0176. The number of carboxylic acids is 1. The predicted octanol–water partition coefficient (Wildman–Crippen LogP) is -0.552. The first-order valence-electron chi connectivity index (χ1n) is 8.36. The number of fused-ring (bicyclic) bond motifs is 1. The summed E-state index contributed by atoms with van der Waals surface area (Å²) < 4.78 is 0. The molecule has 3 rings (SSSR count). The van der Waals surface area contributed by atoms with Crippen molar-refractivity contribution >= 4 is 29.5 Å². The molecule has 25 heavy (non-hydrogen) atoms. The second-order valence-electron chi connectivity index (χ2n) is 6.84. The van der Waals surface area contributed by atoms with Crippen molar-refractivity contribution in [3.05, 3.63) is 10.6 Å². The van der Waals surface area contributed by atoms with Gasteiger partial charge in [-0.1, -0.05) is 0 Å². The molecular weight excluding hydrogens is 346 g/mol. The Balaban J connectivity index is 1.69. The van der Waals surface area contributed by atoms with Crippen LogP contribution in [0.25, 0.3) is 0 Å². The largest absolute Gasteiger partial charge is 0.477 e. The summed E-state index contributed by atoms with van der Waals surface area (Å²) in [4.78, 5) is 39.5. The quantitative estimate of drug-likeness (QED) is 0.539. The number of aliphatic hydroxyl groups excluding tert-OH is 1. The summed E-state index contributed by atoms with van der Waals surface area (Å²) in [5.41, 5.74) is 0.0802. The van der Waals surface area contributed by atoms with Crippen LogP contribution in [0.15, 0.2) is 10.6 Å². The van der Waals surface area contributed by atoms with Crippen molar-refractivity contribution in [1.29, 1.82) is 0 Å². The Bertz CT molecular complexity index is 635. The topological polar surface area (TPSA) is 110 Å². The molecule has 4 atom stereocenters. The minimum Gasteiger partial charge on any atom is -0.477 e. The Labute approximate surface area is 150 Å². The van der Waals surface area contributed by atoms with Gasteiger partial charge >= 0.3 is 5.97 Å². The van der Waals surface area contributed by atoms with Crippen LogP contribution in [0, 0.1) is 5.92 Å². The van der Waals surface area contributed by atoms with Gasteiger partial charge in [0, 0.05) is 43.8 Å². The third kappa shape index (κ3) is 3.16. The van der Waals surface area contributed by atoms with Crippen LogP contribution in [0.2, 0.25) is 0 Å². The lowest BCUT2D eigenvalue weighted by Crippen LogP contribution is -2.58. The fourth-order valence-electron chi connectivity index (χ4n) is 3.81. The molecule has 2 saturated heterocycles. The summed E-state index contributed by atoms with van der Waals surface area (Å²) >= 11 is 1.46. The van der Waals surface area contributed by atoms with Crippen molar-refractivity contribution in [3.8, 4) is 0 Å². The van der Waals surface area contributed by atoms with E-state index >= 15 is 0 Å². The van der Waals surface area contributed by atoms with Gasteiger partial charge in [0.15, 0.2) is 0 Å². The highest BCUT2D eigenvalue weighted by Crippen LogP contribution is 2.48. The summed E-state index contributed by atoms with van der Waals surface area (Å²) in [6.45, 7) is 0.552. The van der Waals surface area contributed by atoms with Gasteiger partial charge in [-0.2, -0.15) is 0 Å². The highest BCUT2D eigenvalue weighted by Gasteiger charge is 2.55. The number of aliphatic hydroxyl groups is 1. The molecule has 2 fully saturated rings. The number of carbonyl (C=O) groups excluding carboxylic acids is 2. The number of thioether (sulfide) groups is 1. The first-order valence-corrected chi connectivity index (χ1v) is 9.24. The van der Waals surface area contributed by atoms with E-state index in [0.717, 1.165) is 0 Å². The Morgan fingerprint density at radius 2 is 2.12 bits per heavy atom. The standard InChI is InChI=1S/C16H23N3O5S/c1-18(2)15(22)10-5-8(7-17-10)25-12-6-11-9(3-4-20)14(21)19(11)13(12)16(23)24/h8-11,17,20H,3-7H2,1-2H3,(H,23,24)/t8?,9?,10?,11-/m1/s1. The molecule has 8 nitrogen and oxygen atoms in total. The SMILES string of the molecule is CN(C)C(=O)C1CC(SC2=C(C(=O)O)N3C(=O)C(CCO)[C@H]3C2)CN1. The maximum absolute atomic E-state index is 12.2. The molecule has 3 heterocycles. The molecule has 0 spiro atoms. The van der Waals surface area contributed by atoms with Gasteiger partial charge in [-0.25, -0.2) is 4.79 Å². The molecule has 3 aliphatic heterocycles. The minimum atomic E-state index is -1.09. The second-order valence-corrected chi connectivity index (χ2v) is 8.24. The van der Waals surface area contributed by atoms with E-state index in [1.807, 2.05) is 0 Å². The zero-order valence-electron chi connectivity index (χ0n) is 14.3. The van der Waals surface area contributed by atoms with Crippen molar-refractivity contribution in [1.82, 2.24) is 15.1 Å². The van der Waals surface area contributed by atoms with Gasteiger partial charge in [-0.05, 0) is 12.8 Å². The first kappa shape index (κ1) is 18.2. The number of likely N-dealkylation sites (N-methyl/N-ethyl adjacent to an activating group) is 1. The van der Waals surface area contributed by atoms with Crippen LogP contribution < -0.4 is 5.32 Å². The molecular formula is C16H23N3O5S. The van der Waals surface area contributed by atoms with Crippen LogP contribution >= 0.6 is 11.8 Å². The van der Waals surface area contributed by atoms with Crippen LogP contribution in [0.5, 0.6) is 0 Å². The summed E-state index contributed by atoms with van der Waals surface area (Å²) in [7, 11) is 3.43. The maximum Gasteiger partial charge on any atom is 0.353 e. The van der Waals surface area contributed by atoms with E-state index < -0.39 is 5.97 Å². The number of nitrogens with zero attached hydrogens (tertiary/aromatic N) is 2. The lowest BCUT2D eigenvalue weighted by molar-refractivity contribution is -0.155. The van der Waals surface area contributed by atoms with Crippen molar-refractivity contribution < 1.29 is 24.6 Å². The van der Waals surface area contributed by atoms with E-state index in [0.29, 0.717) is 30.7 Å². The molecule has 0 saturated carbocycles. The second kappa shape index (κ2) is 6.97. The zero-order chi connectivity index (χ0) is 18.3. The highest BCUT2D eigenvalue weighted by atomic mass is 32.2. The number of carbonyl (C=O) groups is 3. The fraction of sp³-hybridized carbons (Fsp3) is 0.688. The lowest BCUT2D eigenvalue weighted by atomic mass is 9.85. The summed E-state index contributed by atoms with van der Waals surface area (Å²) in [5.74, 6) is -1.57. The van der Waals surface area contributed by atoms with Crippen molar-refractivity contribution in [3.63, 3.8) is 0 Å². The van der Waals surface area contributed by atoms with E-state index in [9.17, 15) is 19.5 Å². The van der Waals surface area contributed by atoms with Crippen LogP contribution in [-0.2, 0) is 14.4 Å². The summed E-state index contributed by atoms with van der Waals surface area (Å²) in [6, 6.07) is -0.398. The Morgan fingerprint density at radius 1 is 1.40 bits per heavy atom. The van der Waals surface area contributed by atoms with Crippen molar-refractivity contribution in [2.24, 2.45) is 5.92 Å².